The van der Waals surface area contributed by atoms with E-state index < -0.39 is 53.6 Å². The molecule has 6 aromatic rings. The van der Waals surface area contributed by atoms with Gasteiger partial charge in [-0.1, -0.05) is 70.5 Å². The highest BCUT2D eigenvalue weighted by Gasteiger charge is 2.50. The second-order valence-corrected chi connectivity index (χ2v) is 16.1. The smallest absolute Gasteiger partial charge is 0.423 e. The Labute approximate surface area is 397 Å². The molecule has 0 aliphatic carbocycles. The third kappa shape index (κ3) is 13.4. The standard InChI is InChI=1S/C13H6BrF2N.C13H7F2N.C7H3BrFN.C6H6BFO2.C5H6Br2N2O2/c14-9-4-5-11(15)10(6-9)13-8(7-17)2-1-3-12(13)16;14-11-6-2-1-5-10(11)13-9(8-16)4-3-7-12(13)15;8-7-5(4-10)2-1-3-6(7)9;8-6-4-2-1-3-5(6)7(9)10;1-5(2)3(10)8(6)4(11)9(5)7/h1-6H;1-7H;1-3H;1-4,9-10H;1-2H3. The summed E-state index contributed by atoms with van der Waals surface area (Å²) < 4.78 is 82.5. The van der Waals surface area contributed by atoms with Gasteiger partial charge in [-0.2, -0.15) is 19.7 Å². The number of carbonyl (C=O) groups is 2. The SMILES string of the molecule is CC1(C)C(=O)N(Br)C(=O)N1Br.N#Cc1cccc(F)c1-c1cc(Br)ccc1F.N#Cc1cccc(F)c1-c1ccccc1F.N#Cc1cccc(F)c1Br.OB(O)c1ccccc1F. The fourth-order valence-corrected chi connectivity index (χ4v) is 6.97. The molecule has 1 aliphatic heterocycles. The molecule has 0 atom stereocenters. The first-order valence-electron chi connectivity index (χ1n) is 17.8. The van der Waals surface area contributed by atoms with Gasteiger partial charge in [-0.3, -0.25) is 4.79 Å². The number of hydrogen-bond acceptors (Lipinski definition) is 7. The summed E-state index contributed by atoms with van der Waals surface area (Å²) in [6, 6.07) is 33.2. The number of hydrogen-bond donors (Lipinski definition) is 2. The highest BCUT2D eigenvalue weighted by molar-refractivity contribution is 9.11. The molecular weight excluding hydrogens is 1110 g/mol. The zero-order valence-corrected chi connectivity index (χ0v) is 39.2. The molecule has 3 amide bonds. The predicted octanol–water partition coefficient (Wildman–Crippen LogP) is 11.4. The lowest BCUT2D eigenvalue weighted by Gasteiger charge is -2.19. The minimum atomic E-state index is -1.72. The Morgan fingerprint density at radius 1 is 0.562 bits per heavy atom. The van der Waals surface area contributed by atoms with Crippen molar-refractivity contribution in [3.8, 4) is 40.5 Å². The number of benzene rings is 6. The molecule has 0 radical (unpaired) electrons. The number of amides is 3. The van der Waals surface area contributed by atoms with Gasteiger partial charge in [-0.25, -0.2) is 35.1 Å². The van der Waals surface area contributed by atoms with Crippen molar-refractivity contribution in [3.63, 3.8) is 0 Å². The van der Waals surface area contributed by atoms with Gasteiger partial charge in [0.1, 0.15) is 46.5 Å². The lowest BCUT2D eigenvalue weighted by atomic mass is 9.80. The summed E-state index contributed by atoms with van der Waals surface area (Å²) >= 11 is 12.0. The molecule has 1 aliphatic rings. The second-order valence-electron chi connectivity index (χ2n) is 13.0. The van der Waals surface area contributed by atoms with Gasteiger partial charge in [0.15, 0.2) is 0 Å². The molecule has 1 fully saturated rings. The molecule has 9 nitrogen and oxygen atoms in total. The summed E-state index contributed by atoms with van der Waals surface area (Å²) in [5.74, 6) is -3.58. The zero-order chi connectivity index (χ0) is 47.9. The van der Waals surface area contributed by atoms with Crippen molar-refractivity contribution in [3.05, 3.63) is 182 Å². The fourth-order valence-electron chi connectivity index (χ4n) is 5.14. The van der Waals surface area contributed by atoms with Crippen molar-refractivity contribution in [2.45, 2.75) is 19.4 Å². The third-order valence-electron chi connectivity index (χ3n) is 8.39. The molecular formula is C44H28BBr4F6N5O4. The van der Waals surface area contributed by atoms with E-state index in [-0.39, 0.29) is 49.2 Å². The Hall–Kier alpha value is -5.79. The highest BCUT2D eigenvalue weighted by atomic mass is 79.9. The number of imide groups is 1. The van der Waals surface area contributed by atoms with E-state index in [0.29, 0.717) is 10.0 Å². The molecule has 0 spiro atoms. The zero-order valence-electron chi connectivity index (χ0n) is 32.9. The summed E-state index contributed by atoms with van der Waals surface area (Å²) in [5, 5.41) is 43.2. The average molecular weight is 1140 g/mol. The normalized spacial score (nSPS) is 12.0. The Morgan fingerprint density at radius 3 is 1.41 bits per heavy atom. The van der Waals surface area contributed by atoms with Crippen LogP contribution in [-0.4, -0.2) is 42.5 Å². The lowest BCUT2D eigenvalue weighted by Crippen LogP contribution is -2.37. The monoisotopic (exact) mass is 1130 g/mol. The van der Waals surface area contributed by atoms with Crippen LogP contribution in [0.5, 0.6) is 0 Å². The maximum Gasteiger partial charge on any atom is 0.491 e. The van der Waals surface area contributed by atoms with Crippen molar-refractivity contribution >= 4 is 88.7 Å². The van der Waals surface area contributed by atoms with E-state index in [1.807, 2.05) is 18.2 Å². The largest absolute Gasteiger partial charge is 0.491 e. The maximum absolute atomic E-state index is 13.7. The minimum Gasteiger partial charge on any atom is -0.423 e. The van der Waals surface area contributed by atoms with Crippen LogP contribution in [0.4, 0.5) is 31.1 Å². The molecule has 1 saturated heterocycles. The van der Waals surface area contributed by atoms with E-state index in [9.17, 15) is 35.9 Å². The first kappa shape index (κ1) is 52.6. The van der Waals surface area contributed by atoms with Gasteiger partial charge in [0.25, 0.3) is 5.91 Å². The first-order valence-corrected chi connectivity index (χ1v) is 20.8. The highest BCUT2D eigenvalue weighted by Crippen LogP contribution is 2.33. The summed E-state index contributed by atoms with van der Waals surface area (Å²) in [4.78, 5) is 22.3. The number of halogens is 10. The van der Waals surface area contributed by atoms with Crippen LogP contribution in [0.1, 0.15) is 30.5 Å². The van der Waals surface area contributed by atoms with Crippen molar-refractivity contribution in [1.29, 1.82) is 15.8 Å². The Morgan fingerprint density at radius 2 is 1.00 bits per heavy atom. The van der Waals surface area contributed by atoms with E-state index >= 15 is 0 Å². The van der Waals surface area contributed by atoms with Gasteiger partial charge in [-0.05, 0) is 96.5 Å². The molecule has 20 heteroatoms. The number of carbonyl (C=O) groups excluding carboxylic acids is 2. The summed E-state index contributed by atoms with van der Waals surface area (Å²) in [6.45, 7) is 3.31. The van der Waals surface area contributed by atoms with Gasteiger partial charge in [0.05, 0.1) is 65.6 Å². The topological polar surface area (TPSA) is 152 Å². The van der Waals surface area contributed by atoms with Gasteiger partial charge in [0.2, 0.25) is 0 Å². The van der Waals surface area contributed by atoms with E-state index in [1.54, 1.807) is 26.0 Å². The van der Waals surface area contributed by atoms with Crippen LogP contribution in [-0.2, 0) is 4.79 Å². The summed E-state index contributed by atoms with van der Waals surface area (Å²) in [5.41, 5.74) is -0.140. The molecule has 0 aromatic heterocycles. The van der Waals surface area contributed by atoms with Gasteiger partial charge < -0.3 is 10.0 Å². The van der Waals surface area contributed by atoms with Crippen LogP contribution in [0.3, 0.4) is 0 Å². The molecule has 6 aromatic carbocycles. The molecule has 1 heterocycles. The van der Waals surface area contributed by atoms with Gasteiger partial charge >= 0.3 is 13.1 Å². The Bertz CT molecular complexity index is 2790. The number of nitrogens with zero attached hydrogens (tertiary/aromatic N) is 5. The van der Waals surface area contributed by atoms with Crippen LogP contribution in [0, 0.1) is 68.9 Å². The van der Waals surface area contributed by atoms with Crippen LogP contribution < -0.4 is 5.46 Å². The molecule has 0 unspecified atom stereocenters. The van der Waals surface area contributed by atoms with Crippen molar-refractivity contribution in [2.24, 2.45) is 0 Å². The molecule has 0 bridgehead atoms. The van der Waals surface area contributed by atoms with Crippen LogP contribution in [0.25, 0.3) is 22.3 Å². The molecule has 7 rings (SSSR count). The van der Waals surface area contributed by atoms with Crippen molar-refractivity contribution in [1.82, 2.24) is 7.85 Å². The van der Waals surface area contributed by atoms with Gasteiger partial charge in [-0.15, -0.1) is 0 Å². The fraction of sp³-hybridized carbons (Fsp3) is 0.0682. The van der Waals surface area contributed by atoms with E-state index in [1.165, 1.54) is 113 Å². The molecule has 326 valence electrons. The first-order chi connectivity index (χ1) is 30.2. The van der Waals surface area contributed by atoms with Crippen LogP contribution in [0.2, 0.25) is 0 Å². The predicted molar refractivity (Wildman–Crippen MR) is 242 cm³/mol. The number of rotatable bonds is 3. The second kappa shape index (κ2) is 24.3. The van der Waals surface area contributed by atoms with Crippen LogP contribution in [0.15, 0.2) is 130 Å². The molecule has 0 saturated carbocycles. The van der Waals surface area contributed by atoms with E-state index in [0.717, 1.165) is 3.93 Å². The minimum absolute atomic E-state index is 0.00574. The average Bonchev–Trinajstić information content (AvgIpc) is 3.40. The summed E-state index contributed by atoms with van der Waals surface area (Å²) in [6.07, 6.45) is 0. The maximum atomic E-state index is 13.7. The van der Waals surface area contributed by atoms with Crippen LogP contribution >= 0.6 is 64.2 Å². The van der Waals surface area contributed by atoms with Gasteiger partial charge in [0, 0.05) is 32.2 Å². The Balaban J connectivity index is 0.000000217. The quantitative estimate of drug-likeness (QED) is 0.0774. The van der Waals surface area contributed by atoms with Crippen molar-refractivity contribution < 1.29 is 46.0 Å². The van der Waals surface area contributed by atoms with Crippen molar-refractivity contribution in [2.75, 3.05) is 0 Å². The Kier molecular flexibility index (Phi) is 20.0. The molecule has 64 heavy (non-hydrogen) atoms. The summed E-state index contributed by atoms with van der Waals surface area (Å²) in [7, 11) is -1.72. The third-order valence-corrected chi connectivity index (χ3v) is 11.5. The lowest BCUT2D eigenvalue weighted by molar-refractivity contribution is -0.127. The number of urea groups is 1. The molecule has 2 N–H and O–H groups in total. The van der Waals surface area contributed by atoms with E-state index in [2.05, 4.69) is 64.2 Å². The number of nitriles is 3. The van der Waals surface area contributed by atoms with E-state index in [4.69, 9.17) is 25.8 Å².